The Balaban J connectivity index is 2.28. The predicted molar refractivity (Wildman–Crippen MR) is 70.4 cm³/mol. The number of halogens is 1. The molecule has 0 atom stereocenters. The number of benzene rings is 1. The lowest BCUT2D eigenvalue weighted by molar-refractivity contribution is -0.384. The maximum Gasteiger partial charge on any atom is 0.276 e. The van der Waals surface area contributed by atoms with Crippen LogP contribution >= 0.6 is 11.6 Å². The fourth-order valence-corrected chi connectivity index (χ4v) is 1.64. The molecule has 0 aliphatic rings. The number of aromatic nitrogens is 1. The molecule has 0 bridgehead atoms. The van der Waals surface area contributed by atoms with E-state index in [4.69, 9.17) is 11.6 Å². The molecule has 92 valence electrons. The second-order valence-corrected chi connectivity index (χ2v) is 4.17. The number of pyridine rings is 1. The number of nitrogens with zero attached hydrogens (tertiary/aromatic N) is 2. The number of nitro groups is 1. The Morgan fingerprint density at radius 3 is 2.56 bits per heavy atom. The third-order valence-electron chi connectivity index (χ3n) is 2.31. The Kier molecular flexibility index (Phi) is 3.43. The minimum absolute atomic E-state index is 0.0822. The molecule has 2 aromatic rings. The van der Waals surface area contributed by atoms with Crippen LogP contribution in [0, 0.1) is 17.0 Å². The number of anilines is 2. The van der Waals surface area contributed by atoms with Gasteiger partial charge in [-0.15, -0.1) is 0 Å². The van der Waals surface area contributed by atoms with E-state index < -0.39 is 4.92 Å². The van der Waals surface area contributed by atoms with Gasteiger partial charge in [0, 0.05) is 5.69 Å². The zero-order valence-corrected chi connectivity index (χ0v) is 10.3. The van der Waals surface area contributed by atoms with Crippen LogP contribution in [-0.4, -0.2) is 9.91 Å². The van der Waals surface area contributed by atoms with Gasteiger partial charge in [-0.3, -0.25) is 10.1 Å². The lowest BCUT2D eigenvalue weighted by Crippen LogP contribution is -1.96. The first-order valence-electron chi connectivity index (χ1n) is 5.20. The fourth-order valence-electron chi connectivity index (χ4n) is 1.44. The SMILES string of the molecule is Cc1ccc(Nc2cc([N+](=O)[O-])cc(Cl)n2)cc1. The van der Waals surface area contributed by atoms with E-state index in [9.17, 15) is 10.1 Å². The van der Waals surface area contributed by atoms with E-state index in [2.05, 4.69) is 10.3 Å². The van der Waals surface area contributed by atoms with E-state index in [0.29, 0.717) is 5.82 Å². The summed E-state index contributed by atoms with van der Waals surface area (Å²) in [5.41, 5.74) is 1.83. The van der Waals surface area contributed by atoms with Gasteiger partial charge in [0.25, 0.3) is 5.69 Å². The monoisotopic (exact) mass is 263 g/mol. The molecule has 0 radical (unpaired) electrons. The van der Waals surface area contributed by atoms with Gasteiger partial charge >= 0.3 is 0 Å². The summed E-state index contributed by atoms with van der Waals surface area (Å²) in [7, 11) is 0. The van der Waals surface area contributed by atoms with E-state index in [-0.39, 0.29) is 10.8 Å². The average molecular weight is 264 g/mol. The predicted octanol–water partition coefficient (Wildman–Crippen LogP) is 3.70. The Morgan fingerprint density at radius 1 is 1.28 bits per heavy atom. The number of hydrogen-bond acceptors (Lipinski definition) is 4. The van der Waals surface area contributed by atoms with Crippen LogP contribution in [0.1, 0.15) is 5.56 Å². The zero-order chi connectivity index (χ0) is 13.1. The van der Waals surface area contributed by atoms with Gasteiger partial charge in [0.05, 0.1) is 17.1 Å². The highest BCUT2D eigenvalue weighted by Gasteiger charge is 2.10. The molecule has 0 saturated carbocycles. The summed E-state index contributed by atoms with van der Waals surface area (Å²) in [4.78, 5) is 14.2. The highest BCUT2D eigenvalue weighted by Crippen LogP contribution is 2.23. The Labute approximate surface area is 109 Å². The van der Waals surface area contributed by atoms with Crippen molar-refractivity contribution >= 4 is 28.8 Å². The maximum absolute atomic E-state index is 10.7. The minimum Gasteiger partial charge on any atom is -0.340 e. The first-order chi connectivity index (χ1) is 8.54. The molecule has 1 heterocycles. The lowest BCUT2D eigenvalue weighted by atomic mass is 10.2. The van der Waals surface area contributed by atoms with E-state index in [1.165, 1.54) is 12.1 Å². The molecule has 0 aliphatic heterocycles. The highest BCUT2D eigenvalue weighted by molar-refractivity contribution is 6.29. The summed E-state index contributed by atoms with van der Waals surface area (Å²) in [5.74, 6) is 0.345. The second-order valence-electron chi connectivity index (χ2n) is 3.78. The zero-order valence-electron chi connectivity index (χ0n) is 9.55. The normalized spacial score (nSPS) is 10.1. The van der Waals surface area contributed by atoms with Crippen molar-refractivity contribution < 1.29 is 4.92 Å². The van der Waals surface area contributed by atoms with Crippen LogP contribution in [-0.2, 0) is 0 Å². The molecule has 0 unspecified atom stereocenters. The molecule has 2 rings (SSSR count). The maximum atomic E-state index is 10.7. The standard InChI is InChI=1S/C12H10ClN3O2/c1-8-2-4-9(5-3-8)14-12-7-10(16(17)18)6-11(13)15-12/h2-7H,1H3,(H,14,15). The smallest absolute Gasteiger partial charge is 0.276 e. The van der Waals surface area contributed by atoms with Crippen molar-refractivity contribution in [2.45, 2.75) is 6.92 Å². The van der Waals surface area contributed by atoms with Gasteiger partial charge in [-0.1, -0.05) is 29.3 Å². The second kappa shape index (κ2) is 5.01. The van der Waals surface area contributed by atoms with E-state index in [1.807, 2.05) is 31.2 Å². The third kappa shape index (κ3) is 2.95. The van der Waals surface area contributed by atoms with Crippen molar-refractivity contribution in [1.29, 1.82) is 0 Å². The van der Waals surface area contributed by atoms with Crippen LogP contribution in [0.3, 0.4) is 0 Å². The molecule has 1 aromatic heterocycles. The van der Waals surface area contributed by atoms with Gasteiger partial charge < -0.3 is 5.32 Å². The summed E-state index contributed by atoms with van der Waals surface area (Å²) >= 11 is 5.73. The Bertz CT molecular complexity index is 584. The quantitative estimate of drug-likeness (QED) is 0.521. The molecule has 1 N–H and O–H groups in total. The van der Waals surface area contributed by atoms with Crippen LogP contribution < -0.4 is 5.32 Å². The molecule has 18 heavy (non-hydrogen) atoms. The van der Waals surface area contributed by atoms with Crippen LogP contribution in [0.15, 0.2) is 36.4 Å². The van der Waals surface area contributed by atoms with Crippen LogP contribution in [0.25, 0.3) is 0 Å². The van der Waals surface area contributed by atoms with Gasteiger partial charge in [-0.2, -0.15) is 0 Å². The Morgan fingerprint density at radius 2 is 1.94 bits per heavy atom. The topological polar surface area (TPSA) is 68.1 Å². The number of rotatable bonds is 3. The van der Waals surface area contributed by atoms with Gasteiger partial charge in [-0.05, 0) is 19.1 Å². The van der Waals surface area contributed by atoms with Crippen LogP contribution in [0.2, 0.25) is 5.15 Å². The van der Waals surface area contributed by atoms with Crippen molar-refractivity contribution in [3.05, 3.63) is 57.2 Å². The largest absolute Gasteiger partial charge is 0.340 e. The fraction of sp³-hybridized carbons (Fsp3) is 0.0833. The van der Waals surface area contributed by atoms with Crippen LogP contribution in [0.4, 0.5) is 17.2 Å². The molecule has 0 saturated heterocycles. The van der Waals surface area contributed by atoms with E-state index in [1.54, 1.807) is 0 Å². The summed E-state index contributed by atoms with van der Waals surface area (Å²) in [6, 6.07) is 10.1. The molecular weight excluding hydrogens is 254 g/mol. The summed E-state index contributed by atoms with van der Waals surface area (Å²) in [6.07, 6.45) is 0. The van der Waals surface area contributed by atoms with Crippen molar-refractivity contribution in [3.8, 4) is 0 Å². The van der Waals surface area contributed by atoms with Crippen molar-refractivity contribution in [3.63, 3.8) is 0 Å². The van der Waals surface area contributed by atoms with Gasteiger partial charge in [0.2, 0.25) is 0 Å². The highest BCUT2D eigenvalue weighted by atomic mass is 35.5. The van der Waals surface area contributed by atoms with Crippen molar-refractivity contribution in [2.75, 3.05) is 5.32 Å². The molecule has 0 aliphatic carbocycles. The number of aryl methyl sites for hydroxylation is 1. The Hall–Kier alpha value is -2.14. The van der Waals surface area contributed by atoms with Crippen molar-refractivity contribution in [2.24, 2.45) is 0 Å². The average Bonchev–Trinajstić information content (AvgIpc) is 2.31. The molecule has 0 spiro atoms. The van der Waals surface area contributed by atoms with Gasteiger partial charge in [-0.25, -0.2) is 4.98 Å². The van der Waals surface area contributed by atoms with Gasteiger partial charge in [0.15, 0.2) is 0 Å². The van der Waals surface area contributed by atoms with E-state index in [0.717, 1.165) is 11.3 Å². The summed E-state index contributed by atoms with van der Waals surface area (Å²) in [5, 5.41) is 13.7. The summed E-state index contributed by atoms with van der Waals surface area (Å²) in [6.45, 7) is 1.98. The summed E-state index contributed by atoms with van der Waals surface area (Å²) < 4.78 is 0. The molecule has 1 aromatic carbocycles. The lowest BCUT2D eigenvalue weighted by Gasteiger charge is -2.06. The molecular formula is C12H10ClN3O2. The number of hydrogen-bond donors (Lipinski definition) is 1. The molecule has 0 amide bonds. The van der Waals surface area contributed by atoms with Crippen molar-refractivity contribution in [1.82, 2.24) is 4.98 Å². The van der Waals surface area contributed by atoms with Gasteiger partial charge in [0.1, 0.15) is 11.0 Å². The van der Waals surface area contributed by atoms with Crippen LogP contribution in [0.5, 0.6) is 0 Å². The first-order valence-corrected chi connectivity index (χ1v) is 5.58. The first kappa shape index (κ1) is 12.3. The molecule has 5 nitrogen and oxygen atoms in total. The van der Waals surface area contributed by atoms with E-state index >= 15 is 0 Å². The number of nitrogens with one attached hydrogen (secondary N) is 1. The molecule has 0 fully saturated rings. The molecule has 6 heteroatoms. The third-order valence-corrected chi connectivity index (χ3v) is 2.51. The minimum atomic E-state index is -0.506.